The molecule has 0 radical (unpaired) electrons. The molecular formula is C34H53F5O12. The van der Waals surface area contributed by atoms with E-state index in [0.717, 1.165) is 12.8 Å². The van der Waals surface area contributed by atoms with Gasteiger partial charge in [0.25, 0.3) is 0 Å². The predicted molar refractivity (Wildman–Crippen MR) is 172 cm³/mol. The number of carbonyl (C=O) groups excluding carboxylic acids is 2. The minimum Gasteiger partial charge on any atom is -0.463 e. The van der Waals surface area contributed by atoms with E-state index in [1.54, 1.807) is 0 Å². The van der Waals surface area contributed by atoms with E-state index in [1.807, 2.05) is 0 Å². The Bertz CT molecular complexity index is 1020. The van der Waals surface area contributed by atoms with Gasteiger partial charge in [-0.3, -0.25) is 9.59 Å². The number of rotatable bonds is 35. The third kappa shape index (κ3) is 24.4. The summed E-state index contributed by atoms with van der Waals surface area (Å²) in [7, 11) is 0. The first-order chi connectivity index (χ1) is 24.8. The molecule has 0 aliphatic heterocycles. The summed E-state index contributed by atoms with van der Waals surface area (Å²) in [4.78, 5) is 23.3. The molecule has 0 bridgehead atoms. The summed E-state index contributed by atoms with van der Waals surface area (Å²) in [6.45, 7) is 7.43. The van der Waals surface area contributed by atoms with Gasteiger partial charge in [0.1, 0.15) is 6.61 Å². The number of unbranched alkanes of at least 4 members (excludes halogenated alkanes) is 5. The van der Waals surface area contributed by atoms with E-state index in [4.69, 9.17) is 42.6 Å². The number of halogens is 5. The smallest absolute Gasteiger partial charge is 0.313 e. The Morgan fingerprint density at radius 3 is 1.14 bits per heavy atom. The van der Waals surface area contributed by atoms with Crippen molar-refractivity contribution in [3.63, 3.8) is 0 Å². The maximum Gasteiger partial charge on any atom is 0.313 e. The third-order valence-electron chi connectivity index (χ3n) is 6.67. The average Bonchev–Trinajstić information content (AvgIpc) is 3.12. The fraction of sp³-hybridized carbons (Fsp3) is 0.765. The maximum atomic E-state index is 13.5. The van der Waals surface area contributed by atoms with Crippen LogP contribution in [-0.4, -0.2) is 124 Å². The second-order valence-electron chi connectivity index (χ2n) is 10.8. The third-order valence-corrected chi connectivity index (χ3v) is 6.67. The lowest BCUT2D eigenvalue weighted by Crippen LogP contribution is -2.16. The summed E-state index contributed by atoms with van der Waals surface area (Å²) in [5.74, 6) is -14.3. The van der Waals surface area contributed by atoms with Crippen molar-refractivity contribution >= 4 is 11.9 Å². The molecule has 0 atom stereocenters. The fourth-order valence-corrected chi connectivity index (χ4v) is 3.97. The van der Waals surface area contributed by atoms with Gasteiger partial charge in [0.05, 0.1) is 112 Å². The highest BCUT2D eigenvalue weighted by Crippen LogP contribution is 2.29. The highest BCUT2D eigenvalue weighted by molar-refractivity contribution is 5.72. The Hall–Kier alpha value is -2.51. The van der Waals surface area contributed by atoms with E-state index in [1.165, 1.54) is 25.7 Å². The average molecular weight is 749 g/mol. The number of hydrogen-bond donors (Lipinski definition) is 0. The molecule has 0 fully saturated rings. The molecule has 1 aromatic carbocycles. The fourth-order valence-electron chi connectivity index (χ4n) is 3.97. The SMILES string of the molecule is CCCCCCCCC(=O)OCCOCCOCCOCCOCCOCCOCCOCCOCCC(=O)Oc1c(F)c(F)c(F)c(F)c1F. The van der Waals surface area contributed by atoms with Crippen LogP contribution in [0.4, 0.5) is 22.0 Å². The van der Waals surface area contributed by atoms with Crippen LogP contribution in [-0.2, 0) is 52.2 Å². The summed E-state index contributed by atoms with van der Waals surface area (Å²) in [6.07, 6.45) is 6.76. The monoisotopic (exact) mass is 748 g/mol. The number of esters is 2. The van der Waals surface area contributed by atoms with Crippen molar-refractivity contribution in [2.75, 3.05) is 112 Å². The molecule has 1 rings (SSSR count). The summed E-state index contributed by atoms with van der Waals surface area (Å²) in [5.41, 5.74) is 0. The van der Waals surface area contributed by atoms with Gasteiger partial charge in [0.15, 0.2) is 0 Å². The normalized spacial score (nSPS) is 11.3. The van der Waals surface area contributed by atoms with Gasteiger partial charge in [-0.15, -0.1) is 0 Å². The Balaban J connectivity index is 1.76. The van der Waals surface area contributed by atoms with Crippen LogP contribution < -0.4 is 4.74 Å². The van der Waals surface area contributed by atoms with Gasteiger partial charge < -0.3 is 47.4 Å². The van der Waals surface area contributed by atoms with E-state index in [2.05, 4.69) is 11.7 Å². The Labute approximate surface area is 296 Å². The molecule has 0 saturated carbocycles. The van der Waals surface area contributed by atoms with E-state index >= 15 is 0 Å². The Morgan fingerprint density at radius 1 is 0.392 bits per heavy atom. The van der Waals surface area contributed by atoms with E-state index in [-0.39, 0.29) is 39.0 Å². The number of benzene rings is 1. The van der Waals surface area contributed by atoms with E-state index in [9.17, 15) is 31.5 Å². The van der Waals surface area contributed by atoms with Crippen LogP contribution in [0.1, 0.15) is 58.3 Å². The van der Waals surface area contributed by atoms with E-state index < -0.39 is 47.2 Å². The Kier molecular flexibility index (Phi) is 29.3. The molecule has 0 amide bonds. The van der Waals surface area contributed by atoms with Crippen molar-refractivity contribution in [1.29, 1.82) is 0 Å². The van der Waals surface area contributed by atoms with Crippen molar-refractivity contribution in [2.24, 2.45) is 0 Å². The first-order valence-electron chi connectivity index (χ1n) is 17.3. The molecule has 0 aromatic heterocycles. The maximum absolute atomic E-state index is 13.5. The molecule has 0 spiro atoms. The van der Waals surface area contributed by atoms with Gasteiger partial charge in [0, 0.05) is 6.42 Å². The van der Waals surface area contributed by atoms with Crippen LogP contribution in [0.3, 0.4) is 0 Å². The van der Waals surface area contributed by atoms with E-state index in [0.29, 0.717) is 85.7 Å². The molecule has 0 aliphatic rings. The van der Waals surface area contributed by atoms with Gasteiger partial charge >= 0.3 is 11.9 Å². The molecule has 296 valence electrons. The van der Waals surface area contributed by atoms with Crippen molar-refractivity contribution < 1.29 is 78.9 Å². The van der Waals surface area contributed by atoms with Crippen LogP contribution in [0, 0.1) is 29.1 Å². The van der Waals surface area contributed by atoms with Crippen LogP contribution in [0.2, 0.25) is 0 Å². The second-order valence-corrected chi connectivity index (χ2v) is 10.8. The predicted octanol–water partition coefficient (Wildman–Crippen LogP) is 5.10. The van der Waals surface area contributed by atoms with Crippen molar-refractivity contribution in [3.05, 3.63) is 29.1 Å². The van der Waals surface area contributed by atoms with Crippen molar-refractivity contribution in [2.45, 2.75) is 58.3 Å². The second kappa shape index (κ2) is 32.2. The molecule has 0 aliphatic carbocycles. The van der Waals surface area contributed by atoms with Crippen LogP contribution in [0.5, 0.6) is 5.75 Å². The number of hydrogen-bond acceptors (Lipinski definition) is 12. The number of carbonyl (C=O) groups is 2. The molecule has 17 heteroatoms. The lowest BCUT2D eigenvalue weighted by Gasteiger charge is -2.09. The zero-order chi connectivity index (χ0) is 37.4. The standard InChI is InChI=1S/C34H53F5O12/c1-2-3-4-5-6-7-8-27(40)50-26-25-49-24-23-48-22-21-47-20-19-46-18-17-45-16-15-44-14-13-43-12-11-42-10-9-28(41)51-34-32(38)30(36)29(35)31(37)33(34)39/h2-26H2,1H3. The quantitative estimate of drug-likeness (QED) is 0.0229. The molecule has 0 saturated heterocycles. The lowest BCUT2D eigenvalue weighted by molar-refractivity contribution is -0.145. The molecule has 0 unspecified atom stereocenters. The summed E-state index contributed by atoms with van der Waals surface area (Å²) < 4.78 is 119. The molecule has 51 heavy (non-hydrogen) atoms. The molecular weight excluding hydrogens is 695 g/mol. The topological polar surface area (TPSA) is 126 Å². The first-order valence-corrected chi connectivity index (χ1v) is 17.3. The zero-order valence-electron chi connectivity index (χ0n) is 29.5. The van der Waals surface area contributed by atoms with Crippen molar-refractivity contribution in [3.8, 4) is 5.75 Å². The lowest BCUT2D eigenvalue weighted by atomic mass is 10.1. The zero-order valence-corrected chi connectivity index (χ0v) is 29.5. The first kappa shape index (κ1) is 46.5. The van der Waals surface area contributed by atoms with Gasteiger partial charge in [0.2, 0.25) is 34.8 Å². The van der Waals surface area contributed by atoms with Crippen LogP contribution in [0.15, 0.2) is 0 Å². The Morgan fingerprint density at radius 2 is 0.725 bits per heavy atom. The minimum absolute atomic E-state index is 0.0781. The van der Waals surface area contributed by atoms with Crippen molar-refractivity contribution in [1.82, 2.24) is 0 Å². The minimum atomic E-state index is -2.35. The van der Waals surface area contributed by atoms with Crippen LogP contribution in [0.25, 0.3) is 0 Å². The van der Waals surface area contributed by atoms with Crippen LogP contribution >= 0.6 is 0 Å². The largest absolute Gasteiger partial charge is 0.463 e. The van der Waals surface area contributed by atoms with Gasteiger partial charge in [-0.1, -0.05) is 39.0 Å². The highest BCUT2D eigenvalue weighted by Gasteiger charge is 2.28. The van der Waals surface area contributed by atoms with Gasteiger partial charge in [-0.05, 0) is 6.42 Å². The highest BCUT2D eigenvalue weighted by atomic mass is 19.2. The molecule has 0 heterocycles. The summed E-state index contributed by atoms with van der Waals surface area (Å²) in [6, 6.07) is 0. The summed E-state index contributed by atoms with van der Waals surface area (Å²) in [5, 5.41) is 0. The molecule has 1 aromatic rings. The summed E-state index contributed by atoms with van der Waals surface area (Å²) >= 11 is 0. The number of ether oxygens (including phenoxy) is 10. The molecule has 12 nitrogen and oxygen atoms in total. The van der Waals surface area contributed by atoms with Gasteiger partial charge in [-0.2, -0.15) is 8.78 Å². The van der Waals surface area contributed by atoms with Gasteiger partial charge in [-0.25, -0.2) is 13.2 Å². The molecule has 0 N–H and O–H groups in total.